The highest BCUT2D eigenvalue weighted by molar-refractivity contribution is 5.26. The molecule has 0 radical (unpaired) electrons. The second-order valence-electron chi connectivity index (χ2n) is 11.1. The molecule has 24 heavy (non-hydrogen) atoms. The van der Waals surface area contributed by atoms with Crippen LogP contribution in [0.25, 0.3) is 0 Å². The molecule has 8 bridgehead atoms. The maximum atomic E-state index is 6.31. The van der Waals surface area contributed by atoms with Crippen molar-refractivity contribution in [1.29, 1.82) is 0 Å². The second kappa shape index (κ2) is 4.26. The first kappa shape index (κ1) is 14.3. The molecular weight excluding hydrogens is 288 g/mol. The number of hydrogen-bond acceptors (Lipinski definition) is 0. The van der Waals surface area contributed by atoms with Crippen LogP contribution in [-0.2, 0) is 0 Å². The van der Waals surface area contributed by atoms with Crippen LogP contribution in [-0.4, -0.2) is 0 Å². The van der Waals surface area contributed by atoms with E-state index in [2.05, 4.69) is 11.8 Å². The number of hydrogen-bond donors (Lipinski definition) is 0. The second-order valence-corrected chi connectivity index (χ2v) is 11.1. The highest BCUT2D eigenvalue weighted by Gasteiger charge is 2.67. The van der Waals surface area contributed by atoms with E-state index in [1.54, 1.807) is 0 Å². The Morgan fingerprint density at radius 1 is 0.667 bits per heavy atom. The van der Waals surface area contributed by atoms with Crippen LogP contribution in [0.1, 0.15) is 70.6 Å². The van der Waals surface area contributed by atoms with E-state index < -0.39 is 0 Å². The molecule has 0 saturated heterocycles. The van der Waals surface area contributed by atoms with Gasteiger partial charge >= 0.3 is 0 Å². The van der Waals surface area contributed by atoms with E-state index in [4.69, 9.17) is 12.8 Å². The van der Waals surface area contributed by atoms with Gasteiger partial charge in [-0.15, -0.1) is 12.8 Å². The van der Waals surface area contributed by atoms with Gasteiger partial charge in [0.05, 0.1) is 0 Å². The van der Waals surface area contributed by atoms with Crippen molar-refractivity contribution in [2.75, 3.05) is 0 Å². The molecular formula is C24H30. The van der Waals surface area contributed by atoms with Crippen molar-refractivity contribution in [3.63, 3.8) is 0 Å². The zero-order valence-electron chi connectivity index (χ0n) is 14.9. The Bertz CT molecular complexity index is 641. The van der Waals surface area contributed by atoms with Crippen LogP contribution in [0, 0.1) is 76.4 Å². The first-order chi connectivity index (χ1) is 11.6. The Balaban J connectivity index is 1.47. The largest absolute Gasteiger partial charge is 0.120 e. The summed E-state index contributed by atoms with van der Waals surface area (Å²) in [6.07, 6.45) is 28.0. The van der Waals surface area contributed by atoms with E-state index >= 15 is 0 Å². The Labute approximate surface area is 147 Å². The Hall–Kier alpha value is -0.880. The Morgan fingerprint density at radius 3 is 1.88 bits per heavy atom. The van der Waals surface area contributed by atoms with Gasteiger partial charge in [-0.05, 0) is 112 Å². The number of terminal acetylenes is 2. The molecule has 8 rings (SSSR count). The summed E-state index contributed by atoms with van der Waals surface area (Å²) in [7, 11) is 0. The zero-order chi connectivity index (χ0) is 16.2. The van der Waals surface area contributed by atoms with E-state index in [1.165, 1.54) is 70.6 Å². The van der Waals surface area contributed by atoms with E-state index in [1.807, 2.05) is 0 Å². The standard InChI is InChI=1S/C24H30/c1-3-22-9-18-6-19(10-22)14-24(13-18,15-22)21-20-7-16-5-17(8-20)12-23(21,4-2)11-16/h1-2,16-21H,5-15H2. The molecule has 0 aliphatic heterocycles. The van der Waals surface area contributed by atoms with Crippen LogP contribution in [0.5, 0.6) is 0 Å². The minimum atomic E-state index is 0.245. The van der Waals surface area contributed by atoms with Gasteiger partial charge in [0.25, 0.3) is 0 Å². The predicted molar refractivity (Wildman–Crippen MR) is 96.7 cm³/mol. The zero-order valence-corrected chi connectivity index (χ0v) is 14.9. The molecule has 8 saturated carbocycles. The van der Waals surface area contributed by atoms with Crippen LogP contribution in [0.3, 0.4) is 0 Å². The van der Waals surface area contributed by atoms with Crippen LogP contribution >= 0.6 is 0 Å². The molecule has 0 aromatic heterocycles. The average Bonchev–Trinajstić information content (AvgIpc) is 2.52. The fourth-order valence-electron chi connectivity index (χ4n) is 10.2. The van der Waals surface area contributed by atoms with Crippen molar-refractivity contribution in [3.05, 3.63) is 0 Å². The predicted octanol–water partition coefficient (Wildman–Crippen LogP) is 5.28. The van der Waals surface area contributed by atoms with Gasteiger partial charge in [-0.25, -0.2) is 0 Å². The molecule has 8 aliphatic carbocycles. The quantitative estimate of drug-likeness (QED) is 0.577. The van der Waals surface area contributed by atoms with Gasteiger partial charge < -0.3 is 0 Å². The molecule has 0 nitrogen and oxygen atoms in total. The fourth-order valence-corrected chi connectivity index (χ4v) is 10.2. The molecule has 126 valence electrons. The third kappa shape index (κ3) is 1.60. The lowest BCUT2D eigenvalue weighted by atomic mass is 9.33. The molecule has 0 amide bonds. The van der Waals surface area contributed by atoms with Gasteiger partial charge in [0.15, 0.2) is 0 Å². The number of rotatable bonds is 1. The molecule has 0 aromatic carbocycles. The van der Waals surface area contributed by atoms with Crippen LogP contribution in [0.2, 0.25) is 0 Å². The van der Waals surface area contributed by atoms with Crippen LogP contribution in [0.15, 0.2) is 0 Å². The molecule has 8 aliphatic rings. The fraction of sp³-hybridized carbons (Fsp3) is 0.833. The van der Waals surface area contributed by atoms with E-state index in [0.29, 0.717) is 5.41 Å². The first-order valence-electron chi connectivity index (χ1n) is 10.5. The van der Waals surface area contributed by atoms with Gasteiger partial charge in [0, 0.05) is 10.8 Å². The van der Waals surface area contributed by atoms with Crippen LogP contribution < -0.4 is 0 Å². The maximum Gasteiger partial charge on any atom is 0.0353 e. The Morgan fingerprint density at radius 2 is 1.29 bits per heavy atom. The van der Waals surface area contributed by atoms with Gasteiger partial charge in [0.1, 0.15) is 0 Å². The van der Waals surface area contributed by atoms with Gasteiger partial charge in [-0.2, -0.15) is 0 Å². The topological polar surface area (TPSA) is 0 Å². The smallest absolute Gasteiger partial charge is 0.0353 e. The molecule has 8 fully saturated rings. The van der Waals surface area contributed by atoms with Crippen molar-refractivity contribution in [2.24, 2.45) is 51.8 Å². The summed E-state index contributed by atoms with van der Waals surface area (Å²) >= 11 is 0. The lowest BCUT2D eigenvalue weighted by Gasteiger charge is -2.70. The van der Waals surface area contributed by atoms with Crippen molar-refractivity contribution in [1.82, 2.24) is 0 Å². The van der Waals surface area contributed by atoms with E-state index in [-0.39, 0.29) is 10.8 Å². The van der Waals surface area contributed by atoms with Crippen molar-refractivity contribution >= 4 is 0 Å². The molecule has 0 aromatic rings. The minimum absolute atomic E-state index is 0.245. The van der Waals surface area contributed by atoms with E-state index in [0.717, 1.165) is 35.5 Å². The summed E-state index contributed by atoms with van der Waals surface area (Å²) in [6, 6.07) is 0. The van der Waals surface area contributed by atoms with Crippen molar-refractivity contribution in [3.8, 4) is 24.7 Å². The summed E-state index contributed by atoms with van der Waals surface area (Å²) in [5.41, 5.74) is 1.01. The van der Waals surface area contributed by atoms with Crippen molar-refractivity contribution in [2.45, 2.75) is 70.6 Å². The van der Waals surface area contributed by atoms with Gasteiger partial charge in [-0.1, -0.05) is 11.8 Å². The van der Waals surface area contributed by atoms with Gasteiger partial charge in [0.2, 0.25) is 0 Å². The third-order valence-electron chi connectivity index (χ3n) is 9.67. The maximum absolute atomic E-state index is 6.31. The molecule has 5 atom stereocenters. The highest BCUT2D eigenvalue weighted by Crippen LogP contribution is 2.75. The molecule has 0 heterocycles. The molecule has 0 spiro atoms. The Kier molecular flexibility index (Phi) is 2.54. The average molecular weight is 319 g/mol. The molecule has 0 heteroatoms. The molecule has 0 N–H and O–H groups in total. The molecule has 5 unspecified atom stereocenters. The lowest BCUT2D eigenvalue weighted by molar-refractivity contribution is -0.198. The van der Waals surface area contributed by atoms with Gasteiger partial charge in [-0.3, -0.25) is 0 Å². The monoisotopic (exact) mass is 318 g/mol. The van der Waals surface area contributed by atoms with E-state index in [9.17, 15) is 0 Å². The highest BCUT2D eigenvalue weighted by atomic mass is 14.7. The third-order valence-corrected chi connectivity index (χ3v) is 9.67. The van der Waals surface area contributed by atoms with Crippen molar-refractivity contribution < 1.29 is 0 Å². The van der Waals surface area contributed by atoms with Crippen LogP contribution in [0.4, 0.5) is 0 Å². The SMILES string of the molecule is C#CC12CC3CC(C1)CC(C1C4CC5CC(C4)CC1(C#C)C5)(C3)C2. The summed E-state index contributed by atoms with van der Waals surface area (Å²) in [6.45, 7) is 0. The lowest BCUT2D eigenvalue weighted by Crippen LogP contribution is -2.63. The summed E-state index contributed by atoms with van der Waals surface area (Å²) in [5.74, 6) is 12.3. The normalized spacial score (nSPS) is 62.4. The first-order valence-corrected chi connectivity index (χ1v) is 10.5. The summed E-state index contributed by atoms with van der Waals surface area (Å²) in [5, 5.41) is 0. The summed E-state index contributed by atoms with van der Waals surface area (Å²) < 4.78 is 0. The minimum Gasteiger partial charge on any atom is -0.120 e. The summed E-state index contributed by atoms with van der Waals surface area (Å²) in [4.78, 5) is 0.